The van der Waals surface area contributed by atoms with Crippen LogP contribution in [-0.4, -0.2) is 26.0 Å². The third-order valence-corrected chi connectivity index (χ3v) is 8.29. The Morgan fingerprint density at radius 1 is 0.946 bits per heavy atom. The number of hydrogen-bond acceptors (Lipinski definition) is 3. The smallest absolute Gasteiger partial charge is 0.323 e. The van der Waals surface area contributed by atoms with Crippen LogP contribution in [0.25, 0.3) is 10.8 Å². The minimum atomic E-state index is -4.85. The molecule has 3 saturated heterocycles. The van der Waals surface area contributed by atoms with Crippen molar-refractivity contribution in [3.8, 4) is 11.8 Å². The summed E-state index contributed by atoms with van der Waals surface area (Å²) in [5.74, 6) is -0.0274. The lowest BCUT2D eigenvalue weighted by Gasteiger charge is -2.55. The predicted octanol–water partition coefficient (Wildman–Crippen LogP) is 7.59. The molecule has 0 N–H and O–H groups in total. The van der Waals surface area contributed by atoms with Crippen molar-refractivity contribution in [2.75, 3.05) is 19.8 Å². The highest BCUT2D eigenvalue weighted by atomic mass is 19.4. The van der Waals surface area contributed by atoms with Crippen LogP contribution in [0.2, 0.25) is 0 Å². The van der Waals surface area contributed by atoms with E-state index in [4.69, 9.17) is 14.2 Å². The number of halogens is 5. The molecule has 200 valence electrons. The van der Waals surface area contributed by atoms with Gasteiger partial charge >= 0.3 is 12.1 Å². The third kappa shape index (κ3) is 5.23. The molecule has 3 aliphatic heterocycles. The van der Waals surface area contributed by atoms with Gasteiger partial charge in [0.15, 0.2) is 0 Å². The Labute approximate surface area is 213 Å². The summed E-state index contributed by atoms with van der Waals surface area (Å²) in [5.41, 5.74) is -0.669. The number of rotatable bonds is 6. The molecular weight excluding hydrogens is 491 g/mol. The first kappa shape index (κ1) is 26.4. The largest absolute Gasteiger partial charge is 0.458 e. The molecule has 1 aliphatic carbocycles. The molecule has 37 heavy (non-hydrogen) atoms. The van der Waals surface area contributed by atoms with E-state index in [-0.39, 0.29) is 16.2 Å². The maximum atomic E-state index is 14.8. The van der Waals surface area contributed by atoms with Gasteiger partial charge in [-0.05, 0) is 42.2 Å². The molecule has 0 radical (unpaired) electrons. The molecule has 2 bridgehead atoms. The number of hydrogen-bond donors (Lipinski definition) is 0. The van der Waals surface area contributed by atoms with Crippen molar-refractivity contribution in [3.05, 3.63) is 47.0 Å². The summed E-state index contributed by atoms with van der Waals surface area (Å²) in [6.45, 7) is 3.66. The van der Waals surface area contributed by atoms with Gasteiger partial charge in [-0.3, -0.25) is 0 Å². The Kier molecular flexibility index (Phi) is 7.25. The van der Waals surface area contributed by atoms with Gasteiger partial charge in [0.1, 0.15) is 11.6 Å². The maximum Gasteiger partial charge on any atom is 0.458 e. The van der Waals surface area contributed by atoms with Gasteiger partial charge in [-0.15, -0.1) is 0 Å². The number of benzene rings is 2. The Bertz CT molecular complexity index is 1180. The SMILES string of the molecule is CCCCCC1CCC(C23COC(c4ccc5c(F)c(C#CC(F)(F)F)c(F)cc5c4)(OC2)OC3)CC1. The zero-order valence-electron chi connectivity index (χ0n) is 20.9. The normalized spacial score (nSPS) is 29.8. The molecule has 0 spiro atoms. The first-order valence-electron chi connectivity index (χ1n) is 13.1. The molecule has 6 rings (SSSR count). The summed E-state index contributed by atoms with van der Waals surface area (Å²) in [7, 11) is 0. The lowest BCUT2D eigenvalue weighted by Crippen LogP contribution is -2.61. The fourth-order valence-electron chi connectivity index (χ4n) is 6.08. The van der Waals surface area contributed by atoms with Gasteiger partial charge in [0.25, 0.3) is 0 Å². The van der Waals surface area contributed by atoms with Gasteiger partial charge in [-0.1, -0.05) is 63.5 Å². The van der Waals surface area contributed by atoms with Crippen molar-refractivity contribution < 1.29 is 36.2 Å². The van der Waals surface area contributed by atoms with E-state index in [1.165, 1.54) is 56.7 Å². The monoisotopic (exact) mass is 522 g/mol. The van der Waals surface area contributed by atoms with Gasteiger partial charge < -0.3 is 14.2 Å². The summed E-state index contributed by atoms with van der Waals surface area (Å²) in [5, 5.41) is 0.101. The zero-order chi connectivity index (χ0) is 26.3. The van der Waals surface area contributed by atoms with Gasteiger partial charge in [0.05, 0.1) is 25.4 Å². The molecule has 2 aromatic rings. The van der Waals surface area contributed by atoms with Gasteiger partial charge in [-0.25, -0.2) is 8.78 Å². The first-order valence-corrected chi connectivity index (χ1v) is 13.1. The van der Waals surface area contributed by atoms with Crippen molar-refractivity contribution in [1.82, 2.24) is 0 Å². The molecule has 4 fully saturated rings. The van der Waals surface area contributed by atoms with E-state index in [9.17, 15) is 22.0 Å². The van der Waals surface area contributed by atoms with E-state index >= 15 is 0 Å². The van der Waals surface area contributed by atoms with Crippen LogP contribution in [0.1, 0.15) is 69.4 Å². The number of alkyl halides is 3. The number of ether oxygens (including phenoxy) is 3. The molecule has 4 aliphatic rings. The van der Waals surface area contributed by atoms with Gasteiger partial charge in [-0.2, -0.15) is 13.2 Å². The third-order valence-electron chi connectivity index (χ3n) is 8.29. The minimum Gasteiger partial charge on any atom is -0.323 e. The van der Waals surface area contributed by atoms with Crippen molar-refractivity contribution >= 4 is 10.8 Å². The predicted molar refractivity (Wildman–Crippen MR) is 128 cm³/mol. The van der Waals surface area contributed by atoms with Crippen LogP contribution in [0.3, 0.4) is 0 Å². The summed E-state index contributed by atoms with van der Waals surface area (Å²) < 4.78 is 85.0. The van der Waals surface area contributed by atoms with E-state index in [0.717, 1.165) is 30.7 Å². The van der Waals surface area contributed by atoms with E-state index in [2.05, 4.69) is 6.92 Å². The van der Waals surface area contributed by atoms with Crippen LogP contribution in [0.5, 0.6) is 0 Å². The van der Waals surface area contributed by atoms with Crippen molar-refractivity contribution in [2.24, 2.45) is 17.3 Å². The van der Waals surface area contributed by atoms with Crippen LogP contribution < -0.4 is 0 Å². The summed E-state index contributed by atoms with van der Waals surface area (Å²) in [6, 6.07) is 5.35. The quantitative estimate of drug-likeness (QED) is 0.222. The second-order valence-corrected chi connectivity index (χ2v) is 10.7. The molecule has 3 nitrogen and oxygen atoms in total. The van der Waals surface area contributed by atoms with E-state index in [1.807, 2.05) is 0 Å². The molecule has 8 heteroatoms. The molecular formula is C29H31F5O3. The highest BCUT2D eigenvalue weighted by Crippen LogP contribution is 2.52. The molecule has 3 heterocycles. The summed E-state index contributed by atoms with van der Waals surface area (Å²) in [6.07, 6.45) is 5.00. The molecule has 1 saturated carbocycles. The summed E-state index contributed by atoms with van der Waals surface area (Å²) in [4.78, 5) is 0. The van der Waals surface area contributed by atoms with Crippen molar-refractivity contribution in [1.29, 1.82) is 0 Å². The van der Waals surface area contributed by atoms with Crippen LogP contribution in [0.15, 0.2) is 24.3 Å². The van der Waals surface area contributed by atoms with Crippen LogP contribution in [0, 0.1) is 40.7 Å². The highest BCUT2D eigenvalue weighted by molar-refractivity contribution is 5.85. The van der Waals surface area contributed by atoms with E-state index in [0.29, 0.717) is 31.3 Å². The second kappa shape index (κ2) is 10.2. The molecule has 0 aromatic heterocycles. The fraction of sp³-hybridized carbons (Fsp3) is 0.586. The average molecular weight is 523 g/mol. The molecule has 0 unspecified atom stereocenters. The van der Waals surface area contributed by atoms with Crippen LogP contribution in [-0.2, 0) is 20.2 Å². The molecule has 0 amide bonds. The fourth-order valence-corrected chi connectivity index (χ4v) is 6.08. The lowest BCUT2D eigenvalue weighted by molar-refractivity contribution is -0.486. The zero-order valence-corrected chi connectivity index (χ0v) is 20.9. The van der Waals surface area contributed by atoms with E-state index in [1.54, 1.807) is 5.92 Å². The van der Waals surface area contributed by atoms with Crippen molar-refractivity contribution in [3.63, 3.8) is 0 Å². The van der Waals surface area contributed by atoms with Crippen molar-refractivity contribution in [2.45, 2.75) is 70.4 Å². The standard InChI is InChI=1S/C29H31F5O3/c1-2-3-4-5-19-6-8-21(9-7-19)27-16-35-29(36-17-27,37-18-27)22-10-11-23-20(14-22)15-25(30)24(26(23)31)12-13-28(32,33)34/h10-11,14-15,19,21H,2-9,16-18H2,1H3. The second-order valence-electron chi connectivity index (χ2n) is 10.7. The van der Waals surface area contributed by atoms with Gasteiger partial charge in [0, 0.05) is 22.3 Å². The minimum absolute atomic E-state index is 0.0512. The highest BCUT2D eigenvalue weighted by Gasteiger charge is 2.56. The van der Waals surface area contributed by atoms with Gasteiger partial charge in [0.2, 0.25) is 0 Å². The Morgan fingerprint density at radius 2 is 1.62 bits per heavy atom. The van der Waals surface area contributed by atoms with Crippen LogP contribution in [0.4, 0.5) is 22.0 Å². The Morgan fingerprint density at radius 3 is 2.24 bits per heavy atom. The first-order chi connectivity index (χ1) is 17.6. The summed E-state index contributed by atoms with van der Waals surface area (Å²) >= 11 is 0. The van der Waals surface area contributed by atoms with E-state index < -0.39 is 29.3 Å². The lowest BCUT2D eigenvalue weighted by atomic mass is 9.66. The Balaban J connectivity index is 1.30. The average Bonchev–Trinajstić information content (AvgIpc) is 2.89. The number of fused-ring (bicyclic) bond motifs is 4. The number of unbranched alkanes of at least 4 members (excludes halogenated alkanes) is 2. The topological polar surface area (TPSA) is 27.7 Å². The maximum absolute atomic E-state index is 14.8. The molecule has 2 aromatic carbocycles. The Hall–Kier alpha value is -2.21. The molecule has 0 atom stereocenters. The van der Waals surface area contributed by atoms with Crippen LogP contribution >= 0.6 is 0 Å².